The number of sulfonamides is 1. The van der Waals surface area contributed by atoms with Crippen LogP contribution < -0.4 is 9.88 Å². The summed E-state index contributed by atoms with van der Waals surface area (Å²) in [7, 11) is -3.47. The molecule has 1 heterocycles. The van der Waals surface area contributed by atoms with Crippen LogP contribution in [0.15, 0.2) is 24.3 Å². The molecule has 1 aliphatic rings. The Hall–Kier alpha value is -1.18. The predicted molar refractivity (Wildman–Crippen MR) is 74.5 cm³/mol. The molecule has 1 aromatic rings. The van der Waals surface area contributed by atoms with Crippen LogP contribution in [-0.4, -0.2) is 44.8 Å². The lowest BCUT2D eigenvalue weighted by Crippen LogP contribution is -2.39. The van der Waals surface area contributed by atoms with Gasteiger partial charge in [-0.1, -0.05) is 12.1 Å². The van der Waals surface area contributed by atoms with Crippen LogP contribution in [0.2, 0.25) is 0 Å². The molecule has 2 rings (SSSR count). The first-order valence-corrected chi connectivity index (χ1v) is 8.29. The number of nitrogens with two attached hydrogens (primary N) is 1. The Bertz CT molecular complexity index is 550. The zero-order chi connectivity index (χ0) is 14.6. The van der Waals surface area contributed by atoms with Crippen LogP contribution in [-0.2, 0) is 10.0 Å². The highest BCUT2D eigenvalue weighted by atomic mass is 32.2. The van der Waals surface area contributed by atoms with Crippen LogP contribution in [0.5, 0.6) is 5.75 Å². The Labute approximate surface area is 118 Å². The van der Waals surface area contributed by atoms with E-state index in [2.05, 4.69) is 0 Å². The number of ether oxygens (including phenoxy) is 1. The average Bonchev–Trinajstić information content (AvgIpc) is 2.77. The molecule has 20 heavy (non-hydrogen) atoms. The molecular weight excluding hydrogens is 283 g/mol. The summed E-state index contributed by atoms with van der Waals surface area (Å²) < 4.78 is 41.0. The van der Waals surface area contributed by atoms with Gasteiger partial charge in [-0.25, -0.2) is 17.9 Å². The van der Waals surface area contributed by atoms with Gasteiger partial charge in [0.1, 0.15) is 6.61 Å². The quantitative estimate of drug-likeness (QED) is 0.849. The number of rotatable bonds is 6. The van der Waals surface area contributed by atoms with Crippen molar-refractivity contribution in [1.82, 2.24) is 4.90 Å². The first-order chi connectivity index (χ1) is 9.46. The highest BCUT2D eigenvalue weighted by molar-refractivity contribution is 7.89. The summed E-state index contributed by atoms with van der Waals surface area (Å²) in [5.41, 5.74) is 0. The number of para-hydroxylation sites is 1. The van der Waals surface area contributed by atoms with Crippen molar-refractivity contribution in [3.05, 3.63) is 30.1 Å². The van der Waals surface area contributed by atoms with Gasteiger partial charge >= 0.3 is 0 Å². The van der Waals surface area contributed by atoms with E-state index in [-0.39, 0.29) is 17.5 Å². The highest BCUT2D eigenvalue weighted by Crippen LogP contribution is 2.19. The monoisotopic (exact) mass is 302 g/mol. The molecule has 0 radical (unpaired) electrons. The molecule has 0 spiro atoms. The standard InChI is InChI=1S/C13H19FN2O3S/c14-12-5-1-2-6-13(12)19-9-8-16-7-3-4-11(16)10-20(15,17)18/h1-2,5-6,11H,3-4,7-10H2,(H2,15,17,18)/t11-/m0/s1. The summed E-state index contributed by atoms with van der Waals surface area (Å²) in [6, 6.07) is 6.16. The molecule has 1 aliphatic heterocycles. The average molecular weight is 302 g/mol. The normalized spacial score (nSPS) is 20.2. The molecule has 1 saturated heterocycles. The van der Waals surface area contributed by atoms with Crippen molar-refractivity contribution in [3.8, 4) is 5.75 Å². The van der Waals surface area contributed by atoms with E-state index in [0.29, 0.717) is 13.2 Å². The van der Waals surface area contributed by atoms with Crippen molar-refractivity contribution < 1.29 is 17.5 Å². The maximum Gasteiger partial charge on any atom is 0.210 e. The number of benzene rings is 1. The fourth-order valence-corrected chi connectivity index (χ4v) is 3.39. The first-order valence-electron chi connectivity index (χ1n) is 6.57. The van der Waals surface area contributed by atoms with Crippen molar-refractivity contribution in [3.63, 3.8) is 0 Å². The molecule has 1 aromatic carbocycles. The van der Waals surface area contributed by atoms with Gasteiger partial charge in [0.05, 0.1) is 5.75 Å². The van der Waals surface area contributed by atoms with Crippen molar-refractivity contribution >= 4 is 10.0 Å². The number of halogens is 1. The predicted octanol–water partition coefficient (Wildman–Crippen LogP) is 0.957. The molecule has 0 aliphatic carbocycles. The number of primary sulfonamides is 1. The molecule has 7 heteroatoms. The maximum atomic E-state index is 13.4. The number of likely N-dealkylation sites (tertiary alicyclic amines) is 1. The van der Waals surface area contributed by atoms with Crippen LogP contribution in [0.1, 0.15) is 12.8 Å². The van der Waals surface area contributed by atoms with Crippen LogP contribution >= 0.6 is 0 Å². The molecular formula is C13H19FN2O3S. The molecule has 5 nitrogen and oxygen atoms in total. The zero-order valence-corrected chi connectivity index (χ0v) is 12.0. The summed E-state index contributed by atoms with van der Waals surface area (Å²) in [5.74, 6) is -0.211. The molecule has 0 bridgehead atoms. The smallest absolute Gasteiger partial charge is 0.210 e. The summed E-state index contributed by atoms with van der Waals surface area (Å²) in [5, 5.41) is 5.08. The molecule has 1 fully saturated rings. The largest absolute Gasteiger partial charge is 0.489 e. The fourth-order valence-electron chi connectivity index (χ4n) is 2.48. The first kappa shape index (κ1) is 15.2. The lowest BCUT2D eigenvalue weighted by molar-refractivity contribution is 0.201. The van der Waals surface area contributed by atoms with E-state index < -0.39 is 15.8 Å². The molecule has 112 valence electrons. The third-order valence-corrected chi connectivity index (χ3v) is 4.25. The van der Waals surface area contributed by atoms with E-state index in [0.717, 1.165) is 19.4 Å². The molecule has 1 atom stereocenters. The molecule has 0 unspecified atom stereocenters. The molecule has 0 saturated carbocycles. The number of hydrogen-bond acceptors (Lipinski definition) is 4. The molecule has 0 amide bonds. The Morgan fingerprint density at radius 2 is 2.15 bits per heavy atom. The van der Waals surface area contributed by atoms with Crippen LogP contribution in [0.3, 0.4) is 0 Å². The summed E-state index contributed by atoms with van der Waals surface area (Å²) >= 11 is 0. The van der Waals surface area contributed by atoms with E-state index in [4.69, 9.17) is 9.88 Å². The van der Waals surface area contributed by atoms with E-state index in [9.17, 15) is 12.8 Å². The Morgan fingerprint density at radius 3 is 2.85 bits per heavy atom. The molecule has 0 aromatic heterocycles. The van der Waals surface area contributed by atoms with Crippen molar-refractivity contribution in [2.75, 3.05) is 25.4 Å². The SMILES string of the molecule is NS(=O)(=O)C[C@@H]1CCCN1CCOc1ccccc1F. The van der Waals surface area contributed by atoms with Crippen LogP contribution in [0.4, 0.5) is 4.39 Å². The van der Waals surface area contributed by atoms with Gasteiger partial charge in [0.25, 0.3) is 0 Å². The Balaban J connectivity index is 1.83. The Morgan fingerprint density at radius 1 is 1.40 bits per heavy atom. The third-order valence-electron chi connectivity index (χ3n) is 3.40. The Kier molecular flexibility index (Phi) is 4.95. The highest BCUT2D eigenvalue weighted by Gasteiger charge is 2.27. The minimum atomic E-state index is -3.47. The van der Waals surface area contributed by atoms with E-state index in [1.807, 2.05) is 4.90 Å². The second-order valence-corrected chi connectivity index (χ2v) is 6.60. The lowest BCUT2D eigenvalue weighted by Gasteiger charge is -2.23. The van der Waals surface area contributed by atoms with Gasteiger partial charge in [-0.3, -0.25) is 4.90 Å². The fraction of sp³-hybridized carbons (Fsp3) is 0.538. The van der Waals surface area contributed by atoms with Crippen molar-refractivity contribution in [2.24, 2.45) is 5.14 Å². The summed E-state index contributed by atoms with van der Waals surface area (Å²) in [4.78, 5) is 2.03. The number of hydrogen-bond donors (Lipinski definition) is 1. The lowest BCUT2D eigenvalue weighted by atomic mass is 10.2. The van der Waals surface area contributed by atoms with Crippen LogP contribution in [0.25, 0.3) is 0 Å². The van der Waals surface area contributed by atoms with Gasteiger partial charge in [0, 0.05) is 12.6 Å². The second kappa shape index (κ2) is 6.51. The van der Waals surface area contributed by atoms with Gasteiger partial charge < -0.3 is 4.74 Å². The van der Waals surface area contributed by atoms with Gasteiger partial charge in [-0.05, 0) is 31.5 Å². The van der Waals surface area contributed by atoms with Crippen LogP contribution in [0, 0.1) is 5.82 Å². The number of nitrogens with zero attached hydrogens (tertiary/aromatic N) is 1. The van der Waals surface area contributed by atoms with Gasteiger partial charge in [0.15, 0.2) is 11.6 Å². The van der Waals surface area contributed by atoms with Gasteiger partial charge in [-0.2, -0.15) is 0 Å². The van der Waals surface area contributed by atoms with Gasteiger partial charge in [0.2, 0.25) is 10.0 Å². The van der Waals surface area contributed by atoms with E-state index >= 15 is 0 Å². The van der Waals surface area contributed by atoms with Gasteiger partial charge in [-0.15, -0.1) is 0 Å². The zero-order valence-electron chi connectivity index (χ0n) is 11.2. The summed E-state index contributed by atoms with van der Waals surface area (Å²) in [6.45, 7) is 1.71. The second-order valence-electron chi connectivity index (χ2n) is 4.94. The molecule has 2 N–H and O–H groups in total. The van der Waals surface area contributed by atoms with E-state index in [1.165, 1.54) is 6.07 Å². The van der Waals surface area contributed by atoms with Crippen molar-refractivity contribution in [1.29, 1.82) is 0 Å². The maximum absolute atomic E-state index is 13.4. The van der Waals surface area contributed by atoms with Crippen molar-refractivity contribution in [2.45, 2.75) is 18.9 Å². The minimum absolute atomic E-state index is 0.0350. The topological polar surface area (TPSA) is 72.6 Å². The van der Waals surface area contributed by atoms with E-state index in [1.54, 1.807) is 18.2 Å². The minimum Gasteiger partial charge on any atom is -0.489 e. The third kappa shape index (κ3) is 4.43. The summed E-state index contributed by atoms with van der Waals surface area (Å²) in [6.07, 6.45) is 1.76.